The van der Waals surface area contributed by atoms with Crippen LogP contribution in [0.2, 0.25) is 0 Å². The number of rotatable bonds is 1. The summed E-state index contributed by atoms with van der Waals surface area (Å²) in [6.45, 7) is 3.85. The Bertz CT molecular complexity index is 424. The minimum absolute atomic E-state index is 0.267. The molecule has 88 valence electrons. The van der Waals surface area contributed by atoms with Crippen LogP contribution >= 0.6 is 0 Å². The Morgan fingerprint density at radius 3 is 2.62 bits per heavy atom. The molecule has 0 aliphatic carbocycles. The molecule has 1 heterocycles. The van der Waals surface area contributed by atoms with Gasteiger partial charge in [-0.2, -0.15) is 0 Å². The van der Waals surface area contributed by atoms with E-state index in [-0.39, 0.29) is 5.56 Å². The molecular formula is C12H15F2NO. The maximum atomic E-state index is 13.7. The van der Waals surface area contributed by atoms with E-state index in [2.05, 4.69) is 0 Å². The molecule has 1 aliphatic rings. The van der Waals surface area contributed by atoms with Gasteiger partial charge in [0.25, 0.3) is 0 Å². The lowest BCUT2D eigenvalue weighted by atomic mass is 9.90. The predicted molar refractivity (Wildman–Crippen MR) is 57.4 cm³/mol. The molecule has 0 unspecified atom stereocenters. The topological polar surface area (TPSA) is 35.2 Å². The molecule has 0 atom stereocenters. The number of fused-ring (bicyclic) bond motifs is 1. The summed E-state index contributed by atoms with van der Waals surface area (Å²) in [6.07, 6.45) is 1.32. The minimum atomic E-state index is -0.876. The molecule has 0 fully saturated rings. The minimum Gasteiger partial charge on any atom is -0.493 e. The second kappa shape index (κ2) is 3.70. The van der Waals surface area contributed by atoms with Crippen molar-refractivity contribution in [2.45, 2.75) is 32.2 Å². The van der Waals surface area contributed by atoms with Crippen LogP contribution in [0.5, 0.6) is 5.75 Å². The van der Waals surface area contributed by atoms with E-state index in [9.17, 15) is 8.78 Å². The third kappa shape index (κ3) is 1.78. The molecule has 0 amide bonds. The fraction of sp³-hybridized carbons (Fsp3) is 0.500. The van der Waals surface area contributed by atoms with Crippen molar-refractivity contribution >= 4 is 0 Å². The lowest BCUT2D eigenvalue weighted by molar-refractivity contribution is 0.271. The highest BCUT2D eigenvalue weighted by Gasteiger charge is 2.30. The maximum Gasteiger partial charge on any atom is 0.134 e. The van der Waals surface area contributed by atoms with Crippen molar-refractivity contribution in [3.63, 3.8) is 0 Å². The van der Waals surface area contributed by atoms with Gasteiger partial charge in [-0.15, -0.1) is 0 Å². The summed E-state index contributed by atoms with van der Waals surface area (Å²) in [5.74, 6) is -0.873. The Balaban J connectivity index is 2.68. The molecule has 1 aromatic rings. The number of nitrogens with two attached hydrogens (primary N) is 1. The highest BCUT2D eigenvalue weighted by Crippen LogP contribution is 2.38. The van der Waals surface area contributed by atoms with Gasteiger partial charge in [0.05, 0.1) is 6.61 Å². The van der Waals surface area contributed by atoms with E-state index in [4.69, 9.17) is 10.5 Å². The van der Waals surface area contributed by atoms with Crippen molar-refractivity contribution in [3.05, 3.63) is 28.8 Å². The second-order valence-corrected chi connectivity index (χ2v) is 4.70. The van der Waals surface area contributed by atoms with E-state index in [1.165, 1.54) is 0 Å². The second-order valence-electron chi connectivity index (χ2n) is 4.70. The van der Waals surface area contributed by atoms with E-state index < -0.39 is 17.2 Å². The summed E-state index contributed by atoms with van der Waals surface area (Å²) in [4.78, 5) is 0. The lowest BCUT2D eigenvalue weighted by Gasteiger charge is -2.28. The van der Waals surface area contributed by atoms with Crippen LogP contribution < -0.4 is 10.5 Å². The van der Waals surface area contributed by atoms with Crippen molar-refractivity contribution in [1.82, 2.24) is 0 Å². The van der Waals surface area contributed by atoms with Crippen LogP contribution in [0.25, 0.3) is 0 Å². The summed E-state index contributed by atoms with van der Waals surface area (Å²) >= 11 is 0. The molecule has 0 bridgehead atoms. The molecule has 0 aromatic heterocycles. The number of benzene rings is 1. The van der Waals surface area contributed by atoms with E-state index in [1.807, 2.05) is 0 Å². The summed E-state index contributed by atoms with van der Waals surface area (Å²) in [6, 6.07) is 0.900. The number of halogens is 2. The first-order chi connectivity index (χ1) is 7.41. The van der Waals surface area contributed by atoms with Crippen molar-refractivity contribution in [1.29, 1.82) is 0 Å². The third-order valence-corrected chi connectivity index (χ3v) is 2.74. The fourth-order valence-corrected chi connectivity index (χ4v) is 2.05. The smallest absolute Gasteiger partial charge is 0.134 e. The summed E-state index contributed by atoms with van der Waals surface area (Å²) in [7, 11) is 0. The van der Waals surface area contributed by atoms with E-state index in [0.29, 0.717) is 24.3 Å². The molecule has 1 aliphatic heterocycles. The number of hydrogen-bond donors (Lipinski definition) is 1. The highest BCUT2D eigenvalue weighted by atomic mass is 19.1. The van der Waals surface area contributed by atoms with Crippen LogP contribution in [-0.4, -0.2) is 6.61 Å². The van der Waals surface area contributed by atoms with Crippen LogP contribution in [-0.2, 0) is 12.0 Å². The van der Waals surface area contributed by atoms with Gasteiger partial charge >= 0.3 is 0 Å². The van der Waals surface area contributed by atoms with Crippen molar-refractivity contribution < 1.29 is 13.5 Å². The number of hydrogen-bond acceptors (Lipinski definition) is 2. The molecule has 1 aromatic carbocycles. The Labute approximate surface area is 93.4 Å². The molecule has 2 nitrogen and oxygen atoms in total. The monoisotopic (exact) mass is 227 g/mol. The third-order valence-electron chi connectivity index (χ3n) is 2.74. The molecule has 0 saturated heterocycles. The Kier molecular flexibility index (Phi) is 2.62. The molecule has 0 saturated carbocycles. The van der Waals surface area contributed by atoms with Crippen molar-refractivity contribution in [2.75, 3.05) is 6.61 Å². The number of ether oxygens (including phenoxy) is 1. The van der Waals surface area contributed by atoms with Gasteiger partial charge in [0.15, 0.2) is 0 Å². The highest BCUT2D eigenvalue weighted by molar-refractivity contribution is 5.47. The first-order valence-electron chi connectivity index (χ1n) is 5.34. The molecule has 2 rings (SSSR count). The summed E-state index contributed by atoms with van der Waals surface area (Å²) < 4.78 is 32.7. The van der Waals surface area contributed by atoms with Gasteiger partial charge in [0.1, 0.15) is 17.4 Å². The lowest BCUT2D eigenvalue weighted by Crippen LogP contribution is -2.32. The van der Waals surface area contributed by atoms with E-state index in [1.54, 1.807) is 13.8 Å². The first-order valence-corrected chi connectivity index (χ1v) is 5.34. The predicted octanol–water partition coefficient (Wildman–Crippen LogP) is 2.48. The summed E-state index contributed by atoms with van der Waals surface area (Å²) in [5.41, 5.74) is 5.73. The Hall–Kier alpha value is -1.16. The van der Waals surface area contributed by atoms with Crippen LogP contribution in [0.3, 0.4) is 0 Å². The van der Waals surface area contributed by atoms with Gasteiger partial charge < -0.3 is 10.5 Å². The zero-order chi connectivity index (χ0) is 11.9. The standard InChI is InChI=1S/C12H15F2NO/c1-12(2,15)10-9(14)6-8(13)7-4-3-5-16-11(7)10/h6H,3-5,15H2,1-2H3. The van der Waals surface area contributed by atoms with Gasteiger partial charge in [0, 0.05) is 22.7 Å². The van der Waals surface area contributed by atoms with Gasteiger partial charge in [-0.05, 0) is 26.7 Å². The largest absolute Gasteiger partial charge is 0.493 e. The van der Waals surface area contributed by atoms with Crippen LogP contribution in [0.4, 0.5) is 8.78 Å². The van der Waals surface area contributed by atoms with Crippen LogP contribution in [0, 0.1) is 11.6 Å². The maximum absolute atomic E-state index is 13.7. The quantitative estimate of drug-likeness (QED) is 0.800. The van der Waals surface area contributed by atoms with Gasteiger partial charge in [-0.25, -0.2) is 8.78 Å². The normalized spacial score (nSPS) is 15.6. The summed E-state index contributed by atoms with van der Waals surface area (Å²) in [5, 5.41) is 0. The molecule has 4 heteroatoms. The zero-order valence-corrected chi connectivity index (χ0v) is 9.44. The first kappa shape index (κ1) is 11.3. The average Bonchev–Trinajstić information content (AvgIpc) is 2.15. The van der Waals surface area contributed by atoms with Gasteiger partial charge in [-0.3, -0.25) is 0 Å². The molecule has 0 spiro atoms. The Morgan fingerprint density at radius 1 is 1.31 bits per heavy atom. The average molecular weight is 227 g/mol. The molecule has 2 N–H and O–H groups in total. The fourth-order valence-electron chi connectivity index (χ4n) is 2.05. The molecule has 0 radical (unpaired) electrons. The van der Waals surface area contributed by atoms with Crippen LogP contribution in [0.1, 0.15) is 31.4 Å². The SMILES string of the molecule is CC(C)(N)c1c(F)cc(F)c2c1OCCC2. The zero-order valence-electron chi connectivity index (χ0n) is 9.44. The van der Waals surface area contributed by atoms with Gasteiger partial charge in [-0.1, -0.05) is 0 Å². The molecular weight excluding hydrogens is 212 g/mol. The van der Waals surface area contributed by atoms with E-state index in [0.717, 1.165) is 12.5 Å². The molecule has 16 heavy (non-hydrogen) atoms. The van der Waals surface area contributed by atoms with Crippen molar-refractivity contribution in [2.24, 2.45) is 5.73 Å². The van der Waals surface area contributed by atoms with Gasteiger partial charge in [0.2, 0.25) is 0 Å². The van der Waals surface area contributed by atoms with E-state index >= 15 is 0 Å². The van der Waals surface area contributed by atoms with Crippen molar-refractivity contribution in [3.8, 4) is 5.75 Å². The van der Waals surface area contributed by atoms with Crippen LogP contribution in [0.15, 0.2) is 6.07 Å². The Morgan fingerprint density at radius 2 is 2.00 bits per heavy atom.